The van der Waals surface area contributed by atoms with Gasteiger partial charge in [-0.05, 0) is 72.8 Å². The first-order valence-corrected chi connectivity index (χ1v) is 7.85. The first-order chi connectivity index (χ1) is 11.8. The van der Waals surface area contributed by atoms with Crippen LogP contribution >= 0.6 is 0 Å². The fraction of sp³-hybridized carbons (Fsp3) is 0. The maximum absolute atomic E-state index is 4.62. The van der Waals surface area contributed by atoms with E-state index in [-0.39, 0.29) is 57.3 Å². The molecule has 2 aliphatic rings. The van der Waals surface area contributed by atoms with E-state index in [1.54, 1.807) is 0 Å². The third-order valence-electron chi connectivity index (χ3n) is 4.04. The van der Waals surface area contributed by atoms with E-state index < -0.39 is 0 Å². The number of aromatic amines is 2. The van der Waals surface area contributed by atoms with Crippen molar-refractivity contribution in [1.82, 2.24) is 19.9 Å². The van der Waals surface area contributed by atoms with Crippen molar-refractivity contribution in [2.45, 2.75) is 0 Å². The van der Waals surface area contributed by atoms with Crippen molar-refractivity contribution < 1.29 is 57.3 Å². The van der Waals surface area contributed by atoms with Gasteiger partial charge in [0.05, 0.1) is 22.8 Å². The molecule has 8 bridgehead atoms. The summed E-state index contributed by atoms with van der Waals surface area (Å²) in [7, 11) is 0. The van der Waals surface area contributed by atoms with Gasteiger partial charge in [-0.3, -0.25) is 0 Å². The van der Waals surface area contributed by atoms with Gasteiger partial charge in [0.1, 0.15) is 0 Å². The summed E-state index contributed by atoms with van der Waals surface area (Å²) in [6.45, 7) is 0. The van der Waals surface area contributed by atoms with Gasteiger partial charge >= 0.3 is 20.1 Å². The minimum absolute atomic E-state index is 0. The van der Waals surface area contributed by atoms with E-state index in [0.29, 0.717) is 0 Å². The van der Waals surface area contributed by atoms with Crippen LogP contribution in [0.3, 0.4) is 0 Å². The Morgan fingerprint density at radius 2 is 0.786 bits per heavy atom. The molecule has 5 rings (SSSR count). The van der Waals surface area contributed by atoms with Crippen LogP contribution in [0.25, 0.3) is 46.4 Å². The summed E-state index contributed by atoms with van der Waals surface area (Å²) in [5.74, 6) is 0. The zero-order valence-electron chi connectivity index (χ0n) is 14.3. The van der Waals surface area contributed by atoms with Gasteiger partial charge in [-0.1, -0.05) is 0 Å². The van der Waals surface area contributed by atoms with Gasteiger partial charge in [-0.25, -0.2) is 9.97 Å². The Balaban J connectivity index is 0.000000980. The topological polar surface area (TPSA) is 57.4 Å². The monoisotopic (exact) mass is 608 g/mol. The number of rotatable bonds is 0. The van der Waals surface area contributed by atoms with Gasteiger partial charge in [-0.2, -0.15) is 0 Å². The molecule has 8 heteroatoms. The molecule has 0 atom stereocenters. The Labute approximate surface area is 194 Å². The number of aromatic nitrogens is 4. The number of H-pyrrole nitrogens is 2. The van der Waals surface area contributed by atoms with Crippen molar-refractivity contribution in [2.24, 2.45) is 0 Å². The molecular weight excluding hydrogens is 595 g/mol. The first-order valence-electron chi connectivity index (χ1n) is 7.85. The minimum atomic E-state index is 0. The second kappa shape index (κ2) is 10.1. The zero-order chi connectivity index (χ0) is 15.9. The number of nitrogens with zero attached hydrogens (tertiary/aromatic N) is 2. The van der Waals surface area contributed by atoms with Gasteiger partial charge in [0.25, 0.3) is 0 Å². The predicted molar refractivity (Wildman–Crippen MR) is 98.9 cm³/mol. The largest absolute Gasteiger partial charge is 3.00 e. The number of hydrogen-bond acceptors (Lipinski definition) is 2. The van der Waals surface area contributed by atoms with E-state index in [2.05, 4.69) is 50.3 Å². The van der Waals surface area contributed by atoms with Crippen LogP contribution in [-0.4, -0.2) is 19.9 Å². The summed E-state index contributed by atoms with van der Waals surface area (Å²) in [6.07, 6.45) is 8.05. The predicted octanol–water partition coefficient (Wildman–Crippen LogP) is -4.33. The molecule has 5 heterocycles. The van der Waals surface area contributed by atoms with Crippen LogP contribution in [0.15, 0.2) is 48.5 Å². The molecule has 0 spiro atoms. The zero-order valence-corrected chi connectivity index (χ0v) is 19.0. The molecule has 3 aromatic rings. The molecule has 0 aromatic carbocycles. The first kappa shape index (κ1) is 24.2. The molecule has 2 aliphatic heterocycles. The second-order valence-electron chi connectivity index (χ2n) is 5.91. The minimum Gasteiger partial charge on any atom is -1.00 e. The third-order valence-corrected chi connectivity index (χ3v) is 4.04. The van der Waals surface area contributed by atoms with Gasteiger partial charge in [0, 0.05) is 22.1 Å². The molecular formula is C20H14Cl3IrN4. The Morgan fingerprint density at radius 1 is 0.464 bits per heavy atom. The molecule has 3 aromatic heterocycles. The van der Waals surface area contributed by atoms with Crippen LogP contribution in [-0.2, 0) is 20.1 Å². The summed E-state index contributed by atoms with van der Waals surface area (Å²) >= 11 is 0. The summed E-state index contributed by atoms with van der Waals surface area (Å²) in [6, 6.07) is 16.4. The Kier molecular flexibility index (Phi) is 8.68. The van der Waals surface area contributed by atoms with Crippen molar-refractivity contribution in [3.05, 3.63) is 71.3 Å². The van der Waals surface area contributed by atoms with Crippen LogP contribution in [0.5, 0.6) is 0 Å². The number of nitrogens with one attached hydrogen (secondary N) is 2. The SMILES string of the molecule is C1=Cc2cc3ccc(cc4ccc(cc5nc(cc1n2)C=C5)[nH]4)[nH]3.[Cl-].[Cl-].[Cl-].[Ir+3]. The van der Waals surface area contributed by atoms with E-state index in [1.807, 2.05) is 42.5 Å². The summed E-state index contributed by atoms with van der Waals surface area (Å²) < 4.78 is 0. The molecule has 28 heavy (non-hydrogen) atoms. The second-order valence-corrected chi connectivity index (χ2v) is 5.91. The van der Waals surface area contributed by atoms with E-state index in [4.69, 9.17) is 0 Å². The van der Waals surface area contributed by atoms with Crippen LogP contribution < -0.4 is 37.2 Å². The maximum Gasteiger partial charge on any atom is 3.00 e. The summed E-state index contributed by atoms with van der Waals surface area (Å²) in [5, 5.41) is 0. The van der Waals surface area contributed by atoms with Gasteiger partial charge < -0.3 is 47.2 Å². The molecule has 0 aliphatic carbocycles. The summed E-state index contributed by atoms with van der Waals surface area (Å²) in [5.41, 5.74) is 7.86. The Morgan fingerprint density at radius 3 is 1.18 bits per heavy atom. The molecule has 2 N–H and O–H groups in total. The fourth-order valence-corrected chi connectivity index (χ4v) is 2.94. The van der Waals surface area contributed by atoms with Gasteiger partial charge in [0.15, 0.2) is 0 Å². The molecule has 144 valence electrons. The molecule has 0 amide bonds. The van der Waals surface area contributed by atoms with E-state index in [9.17, 15) is 0 Å². The van der Waals surface area contributed by atoms with Gasteiger partial charge in [0.2, 0.25) is 0 Å². The van der Waals surface area contributed by atoms with Crippen molar-refractivity contribution in [1.29, 1.82) is 0 Å². The van der Waals surface area contributed by atoms with E-state index >= 15 is 0 Å². The summed E-state index contributed by atoms with van der Waals surface area (Å²) in [4.78, 5) is 16.0. The van der Waals surface area contributed by atoms with Crippen molar-refractivity contribution in [3.8, 4) is 0 Å². The fourth-order valence-electron chi connectivity index (χ4n) is 2.94. The van der Waals surface area contributed by atoms with Crippen LogP contribution in [0.4, 0.5) is 0 Å². The molecule has 0 saturated carbocycles. The maximum atomic E-state index is 4.62. The van der Waals surface area contributed by atoms with Crippen LogP contribution in [0, 0.1) is 0 Å². The molecule has 0 fully saturated rings. The van der Waals surface area contributed by atoms with Crippen molar-refractivity contribution in [2.75, 3.05) is 0 Å². The smallest absolute Gasteiger partial charge is 1.00 e. The molecule has 0 unspecified atom stereocenters. The Hall–Kier alpha value is -1.88. The molecule has 0 radical (unpaired) electrons. The van der Waals surface area contributed by atoms with Crippen LogP contribution in [0.1, 0.15) is 22.8 Å². The van der Waals surface area contributed by atoms with Crippen LogP contribution in [0.2, 0.25) is 0 Å². The normalized spacial score (nSPS) is 10.9. The quantitative estimate of drug-likeness (QED) is 0.187. The number of hydrogen-bond donors (Lipinski definition) is 2. The van der Waals surface area contributed by atoms with Gasteiger partial charge in [-0.15, -0.1) is 0 Å². The Bertz CT molecular complexity index is 1090. The number of halogens is 3. The standard InChI is InChI=1S/C20H14N4.3ClH.Ir/c1-2-14-10-16-5-6-18(23-16)12-20-8-7-19(24-20)11-17-4-3-15(22-17)9-13(1)21-14;;;;/h1-12,21-22H;3*1H;/q;;;;+3/p-3. The van der Waals surface area contributed by atoms with E-state index in [0.717, 1.165) is 44.8 Å². The average Bonchev–Trinajstić information content (AvgIpc) is 3.32. The third kappa shape index (κ3) is 5.13. The van der Waals surface area contributed by atoms with Crippen molar-refractivity contribution in [3.63, 3.8) is 0 Å². The molecule has 0 saturated heterocycles. The number of fused-ring (bicyclic) bond motifs is 8. The van der Waals surface area contributed by atoms with Crippen molar-refractivity contribution >= 4 is 46.4 Å². The molecule has 4 nitrogen and oxygen atoms in total. The average molecular weight is 609 g/mol. The van der Waals surface area contributed by atoms with E-state index in [1.165, 1.54) is 0 Å².